The Labute approximate surface area is 129 Å². The first-order valence-electron chi connectivity index (χ1n) is 7.12. The highest BCUT2D eigenvalue weighted by Crippen LogP contribution is 2.28. The van der Waals surface area contributed by atoms with E-state index >= 15 is 0 Å². The van der Waals surface area contributed by atoms with Crippen LogP contribution in [0.3, 0.4) is 0 Å². The SMILES string of the molecule is Cc1ccc(C(C)C)c(OC(C)C(=O)NC(CF)C(=O)O)c1. The summed E-state index contributed by atoms with van der Waals surface area (Å²) >= 11 is 0. The lowest BCUT2D eigenvalue weighted by atomic mass is 10.0. The van der Waals surface area contributed by atoms with Crippen molar-refractivity contribution in [3.63, 3.8) is 0 Å². The smallest absolute Gasteiger partial charge is 0.328 e. The van der Waals surface area contributed by atoms with Crippen LogP contribution in [0.1, 0.15) is 37.8 Å². The first kappa shape index (κ1) is 17.9. The molecule has 0 saturated heterocycles. The second-order valence-corrected chi connectivity index (χ2v) is 5.51. The Bertz CT molecular complexity index is 545. The summed E-state index contributed by atoms with van der Waals surface area (Å²) in [7, 11) is 0. The summed E-state index contributed by atoms with van der Waals surface area (Å²) in [6.07, 6.45) is -0.923. The average Bonchev–Trinajstić information content (AvgIpc) is 2.43. The molecular weight excluding hydrogens is 289 g/mol. The van der Waals surface area contributed by atoms with E-state index in [-0.39, 0.29) is 5.92 Å². The molecule has 6 heteroatoms. The molecule has 0 bridgehead atoms. The van der Waals surface area contributed by atoms with Crippen molar-refractivity contribution < 1.29 is 23.8 Å². The van der Waals surface area contributed by atoms with Crippen LogP contribution in [0, 0.1) is 6.92 Å². The summed E-state index contributed by atoms with van der Waals surface area (Å²) in [5.41, 5.74) is 1.93. The van der Waals surface area contributed by atoms with E-state index in [2.05, 4.69) is 5.32 Å². The highest BCUT2D eigenvalue weighted by Gasteiger charge is 2.24. The molecule has 0 heterocycles. The van der Waals surface area contributed by atoms with Gasteiger partial charge >= 0.3 is 5.97 Å². The Morgan fingerprint density at radius 2 is 1.95 bits per heavy atom. The van der Waals surface area contributed by atoms with Crippen LogP contribution in [0.4, 0.5) is 4.39 Å². The van der Waals surface area contributed by atoms with E-state index < -0.39 is 30.7 Å². The monoisotopic (exact) mass is 311 g/mol. The van der Waals surface area contributed by atoms with E-state index in [1.165, 1.54) is 6.92 Å². The predicted octanol–water partition coefficient (Wildman–Crippen LogP) is 2.42. The van der Waals surface area contributed by atoms with Crippen molar-refractivity contribution in [1.29, 1.82) is 0 Å². The van der Waals surface area contributed by atoms with Gasteiger partial charge < -0.3 is 15.2 Å². The summed E-state index contributed by atoms with van der Waals surface area (Å²) in [6.45, 7) is 6.25. The molecule has 0 aliphatic carbocycles. The lowest BCUT2D eigenvalue weighted by Gasteiger charge is -2.20. The molecule has 0 spiro atoms. The van der Waals surface area contributed by atoms with E-state index in [1.807, 2.05) is 39.0 Å². The average molecular weight is 311 g/mol. The molecule has 1 aromatic rings. The fourth-order valence-corrected chi connectivity index (χ4v) is 1.92. The number of benzene rings is 1. The van der Waals surface area contributed by atoms with Crippen LogP contribution in [0.5, 0.6) is 5.75 Å². The number of carboxylic acids is 1. The maximum absolute atomic E-state index is 12.5. The molecule has 0 aromatic heterocycles. The number of hydrogen-bond acceptors (Lipinski definition) is 3. The first-order valence-corrected chi connectivity index (χ1v) is 7.12. The molecule has 22 heavy (non-hydrogen) atoms. The number of halogens is 1. The Morgan fingerprint density at radius 1 is 1.32 bits per heavy atom. The Hall–Kier alpha value is -2.11. The summed E-state index contributed by atoms with van der Waals surface area (Å²) in [4.78, 5) is 22.7. The molecule has 0 fully saturated rings. The minimum Gasteiger partial charge on any atom is -0.481 e. The number of alkyl halides is 1. The van der Waals surface area contributed by atoms with E-state index in [0.717, 1.165) is 11.1 Å². The topological polar surface area (TPSA) is 75.6 Å². The summed E-state index contributed by atoms with van der Waals surface area (Å²) in [5.74, 6) is -1.30. The van der Waals surface area contributed by atoms with Gasteiger partial charge in [0.05, 0.1) is 0 Å². The molecule has 1 rings (SSSR count). The largest absolute Gasteiger partial charge is 0.481 e. The maximum atomic E-state index is 12.5. The van der Waals surface area contributed by atoms with E-state index in [1.54, 1.807) is 0 Å². The van der Waals surface area contributed by atoms with Gasteiger partial charge in [0.1, 0.15) is 12.4 Å². The number of aliphatic carboxylic acids is 1. The standard InChI is InChI=1S/C16H22FNO4/c1-9(2)12-6-5-10(3)7-14(12)22-11(4)15(19)18-13(8-17)16(20)21/h5-7,9,11,13H,8H2,1-4H3,(H,18,19)(H,20,21). The molecule has 1 aromatic carbocycles. The third-order valence-corrected chi connectivity index (χ3v) is 3.23. The van der Waals surface area contributed by atoms with Gasteiger partial charge in [-0.15, -0.1) is 0 Å². The number of hydrogen-bond donors (Lipinski definition) is 2. The highest BCUT2D eigenvalue weighted by atomic mass is 19.1. The zero-order valence-corrected chi connectivity index (χ0v) is 13.2. The van der Waals surface area contributed by atoms with Gasteiger partial charge in [-0.3, -0.25) is 4.79 Å². The fourth-order valence-electron chi connectivity index (χ4n) is 1.92. The molecule has 1 amide bonds. The third-order valence-electron chi connectivity index (χ3n) is 3.23. The highest BCUT2D eigenvalue weighted by molar-refractivity contribution is 5.86. The Kier molecular flexibility index (Phi) is 6.34. The number of aryl methyl sites for hydroxylation is 1. The van der Waals surface area contributed by atoms with E-state index in [4.69, 9.17) is 9.84 Å². The van der Waals surface area contributed by atoms with Gasteiger partial charge in [0, 0.05) is 0 Å². The van der Waals surface area contributed by atoms with Crippen LogP contribution in [0.15, 0.2) is 18.2 Å². The normalized spacial score (nSPS) is 13.5. The number of carbonyl (C=O) groups excluding carboxylic acids is 1. The van der Waals surface area contributed by atoms with Crippen molar-refractivity contribution in [2.75, 3.05) is 6.67 Å². The van der Waals surface area contributed by atoms with Gasteiger partial charge in [0.15, 0.2) is 12.1 Å². The number of carboxylic acid groups (broad SMARTS) is 1. The van der Waals surface area contributed by atoms with Crippen molar-refractivity contribution in [3.8, 4) is 5.75 Å². The molecule has 0 aliphatic heterocycles. The van der Waals surface area contributed by atoms with Gasteiger partial charge in [-0.1, -0.05) is 26.0 Å². The second-order valence-electron chi connectivity index (χ2n) is 5.51. The number of carbonyl (C=O) groups is 2. The van der Waals surface area contributed by atoms with Crippen molar-refractivity contribution in [2.45, 2.75) is 45.8 Å². The quantitative estimate of drug-likeness (QED) is 0.811. The van der Waals surface area contributed by atoms with Crippen molar-refractivity contribution in [2.24, 2.45) is 0 Å². The third kappa shape index (κ3) is 4.72. The minimum absolute atomic E-state index is 0.212. The van der Waals surface area contributed by atoms with Crippen molar-refractivity contribution >= 4 is 11.9 Å². The van der Waals surface area contributed by atoms with E-state index in [9.17, 15) is 14.0 Å². The van der Waals surface area contributed by atoms with Gasteiger partial charge in [0.25, 0.3) is 5.91 Å². The number of rotatable bonds is 7. The molecule has 5 nitrogen and oxygen atoms in total. The van der Waals surface area contributed by atoms with E-state index in [0.29, 0.717) is 5.75 Å². The second kappa shape index (κ2) is 7.77. The van der Waals surface area contributed by atoms with Crippen LogP contribution in [0.25, 0.3) is 0 Å². The van der Waals surface area contributed by atoms with Crippen molar-refractivity contribution in [3.05, 3.63) is 29.3 Å². The first-order chi connectivity index (χ1) is 10.3. The van der Waals surface area contributed by atoms with Crippen molar-refractivity contribution in [1.82, 2.24) is 5.32 Å². The Morgan fingerprint density at radius 3 is 2.45 bits per heavy atom. The van der Waals surface area contributed by atoms with Crippen LogP contribution in [-0.2, 0) is 9.59 Å². The predicted molar refractivity (Wildman–Crippen MR) is 80.9 cm³/mol. The van der Waals surface area contributed by atoms with Crippen LogP contribution in [-0.4, -0.2) is 35.8 Å². The molecule has 0 saturated carbocycles. The lowest BCUT2D eigenvalue weighted by molar-refractivity contribution is -0.143. The zero-order chi connectivity index (χ0) is 16.9. The summed E-state index contributed by atoms with van der Waals surface area (Å²) < 4.78 is 18.2. The molecule has 2 atom stereocenters. The molecule has 2 N–H and O–H groups in total. The van der Waals surface area contributed by atoms with Gasteiger partial charge in [-0.25, -0.2) is 9.18 Å². The Balaban J connectivity index is 2.84. The van der Waals surface area contributed by atoms with Crippen LogP contribution < -0.4 is 10.1 Å². The van der Waals surface area contributed by atoms with Gasteiger partial charge in [0.2, 0.25) is 0 Å². The summed E-state index contributed by atoms with van der Waals surface area (Å²) in [5, 5.41) is 10.9. The van der Waals surface area contributed by atoms with Gasteiger partial charge in [-0.05, 0) is 37.0 Å². The molecular formula is C16H22FNO4. The fraction of sp³-hybridized carbons (Fsp3) is 0.500. The van der Waals surface area contributed by atoms with Gasteiger partial charge in [-0.2, -0.15) is 0 Å². The number of amides is 1. The minimum atomic E-state index is -1.55. The molecule has 0 aliphatic rings. The number of ether oxygens (including phenoxy) is 1. The summed E-state index contributed by atoms with van der Waals surface area (Å²) in [6, 6.07) is 4.15. The zero-order valence-electron chi connectivity index (χ0n) is 13.2. The number of nitrogens with one attached hydrogen (secondary N) is 1. The maximum Gasteiger partial charge on any atom is 0.328 e. The lowest BCUT2D eigenvalue weighted by Crippen LogP contribution is -2.47. The van der Waals surface area contributed by atoms with Crippen LogP contribution in [0.2, 0.25) is 0 Å². The molecule has 2 unspecified atom stereocenters. The molecule has 0 radical (unpaired) electrons. The van der Waals surface area contributed by atoms with Crippen LogP contribution >= 0.6 is 0 Å². The molecule has 122 valence electrons.